The van der Waals surface area contributed by atoms with Crippen LogP contribution in [0.25, 0.3) is 6.08 Å². The predicted octanol–water partition coefficient (Wildman–Crippen LogP) is 3.00. The Bertz CT molecular complexity index is 812. The van der Waals surface area contributed by atoms with E-state index in [4.69, 9.17) is 18.9 Å². The Balaban J connectivity index is 2.01. The molecule has 0 bridgehead atoms. The van der Waals surface area contributed by atoms with Gasteiger partial charge in [0, 0.05) is 6.08 Å². The highest BCUT2D eigenvalue weighted by molar-refractivity contribution is 5.90. The van der Waals surface area contributed by atoms with Crippen LogP contribution in [0.4, 0.5) is 0 Å². The van der Waals surface area contributed by atoms with E-state index in [1.807, 2.05) is 0 Å². The molecule has 0 aromatic heterocycles. The van der Waals surface area contributed by atoms with Gasteiger partial charge < -0.3 is 24.3 Å². The quantitative estimate of drug-likeness (QED) is 0.513. The Labute approximate surface area is 176 Å². The molecule has 30 heavy (non-hydrogen) atoms. The fraction of sp³-hybridized carbons (Fsp3) is 0.500. The number of nitrogens with zero attached hydrogens (tertiary/aromatic N) is 1. The van der Waals surface area contributed by atoms with Crippen LogP contribution < -0.4 is 19.5 Å². The van der Waals surface area contributed by atoms with E-state index in [9.17, 15) is 14.9 Å². The number of ether oxygens (including phenoxy) is 4. The highest BCUT2D eigenvalue weighted by Gasteiger charge is 2.35. The van der Waals surface area contributed by atoms with Crippen molar-refractivity contribution in [1.29, 1.82) is 5.26 Å². The minimum atomic E-state index is -1.02. The second-order valence-electron chi connectivity index (χ2n) is 7.11. The highest BCUT2D eigenvalue weighted by Crippen LogP contribution is 2.38. The van der Waals surface area contributed by atoms with E-state index < -0.39 is 23.5 Å². The third kappa shape index (κ3) is 5.66. The van der Waals surface area contributed by atoms with Crippen LogP contribution >= 0.6 is 0 Å². The molecule has 1 amide bonds. The highest BCUT2D eigenvalue weighted by atomic mass is 16.5. The maximum Gasteiger partial charge on any atom is 0.331 e. The van der Waals surface area contributed by atoms with Crippen molar-refractivity contribution in [2.45, 2.75) is 50.7 Å². The van der Waals surface area contributed by atoms with Gasteiger partial charge in [0.2, 0.25) is 5.75 Å². The van der Waals surface area contributed by atoms with Gasteiger partial charge in [-0.25, -0.2) is 4.79 Å². The third-order valence-electron chi connectivity index (χ3n) is 5.04. The van der Waals surface area contributed by atoms with Gasteiger partial charge in [0.15, 0.2) is 17.6 Å². The molecule has 0 radical (unpaired) electrons. The average Bonchev–Trinajstić information content (AvgIpc) is 2.77. The molecule has 8 nitrogen and oxygen atoms in total. The first-order valence-electron chi connectivity index (χ1n) is 9.80. The Morgan fingerprint density at radius 3 is 2.20 bits per heavy atom. The minimum absolute atomic E-state index is 0.444. The van der Waals surface area contributed by atoms with E-state index in [0.717, 1.165) is 19.3 Å². The van der Waals surface area contributed by atoms with Gasteiger partial charge in [-0.2, -0.15) is 5.26 Å². The van der Waals surface area contributed by atoms with E-state index in [2.05, 4.69) is 11.4 Å². The standard InChI is InChI=1S/C22H28N2O6/c1-15(21(26)24-22(14-23)10-6-5-7-11-22)30-19(25)9-8-16-12-17(27-2)20(29-4)18(13-16)28-3/h8-9,12-13,15H,5-7,10-11H2,1-4H3,(H,24,26)/b9-8+/t15-/m1/s1. The van der Waals surface area contributed by atoms with E-state index in [1.165, 1.54) is 40.4 Å². The summed E-state index contributed by atoms with van der Waals surface area (Å²) in [5.41, 5.74) is -0.244. The number of carbonyl (C=O) groups excluding carboxylic acids is 2. The molecular formula is C22H28N2O6. The predicted molar refractivity (Wildman–Crippen MR) is 110 cm³/mol. The van der Waals surface area contributed by atoms with E-state index in [-0.39, 0.29) is 0 Å². The van der Waals surface area contributed by atoms with Crippen molar-refractivity contribution in [1.82, 2.24) is 5.32 Å². The van der Waals surface area contributed by atoms with Crippen molar-refractivity contribution in [2.24, 2.45) is 0 Å². The fourth-order valence-electron chi connectivity index (χ4n) is 3.39. The fourth-order valence-corrected chi connectivity index (χ4v) is 3.39. The molecule has 2 rings (SSSR count). The van der Waals surface area contributed by atoms with Crippen molar-refractivity contribution >= 4 is 18.0 Å². The summed E-state index contributed by atoms with van der Waals surface area (Å²) in [5, 5.41) is 12.2. The summed E-state index contributed by atoms with van der Waals surface area (Å²) in [4.78, 5) is 24.6. The number of carbonyl (C=O) groups is 2. The van der Waals surface area contributed by atoms with Crippen molar-refractivity contribution < 1.29 is 28.5 Å². The Hall–Kier alpha value is -3.21. The first-order valence-corrected chi connectivity index (χ1v) is 9.80. The van der Waals surface area contributed by atoms with Crippen LogP contribution in [0.3, 0.4) is 0 Å². The number of benzene rings is 1. The van der Waals surface area contributed by atoms with Crippen LogP contribution in [0, 0.1) is 11.3 Å². The topological polar surface area (TPSA) is 107 Å². The normalized spacial score (nSPS) is 16.2. The second-order valence-corrected chi connectivity index (χ2v) is 7.11. The summed E-state index contributed by atoms with van der Waals surface area (Å²) in [6.07, 6.45) is 5.76. The van der Waals surface area contributed by atoms with Crippen molar-refractivity contribution in [3.63, 3.8) is 0 Å². The molecule has 162 valence electrons. The molecular weight excluding hydrogens is 388 g/mol. The first kappa shape index (κ1) is 23.1. The number of nitriles is 1. The molecule has 8 heteroatoms. The summed E-state index contributed by atoms with van der Waals surface area (Å²) in [6.45, 7) is 1.48. The molecule has 0 aliphatic heterocycles. The van der Waals surface area contributed by atoms with Gasteiger partial charge in [-0.15, -0.1) is 0 Å². The van der Waals surface area contributed by atoms with Gasteiger partial charge in [-0.3, -0.25) is 4.79 Å². The van der Waals surface area contributed by atoms with Crippen LogP contribution in [-0.2, 0) is 14.3 Å². The smallest absolute Gasteiger partial charge is 0.331 e. The largest absolute Gasteiger partial charge is 0.493 e. The minimum Gasteiger partial charge on any atom is -0.493 e. The SMILES string of the molecule is COc1cc(/C=C/C(=O)O[C@H](C)C(=O)NC2(C#N)CCCCC2)cc(OC)c1OC. The Morgan fingerprint density at radius 2 is 1.70 bits per heavy atom. The lowest BCUT2D eigenvalue weighted by molar-refractivity contribution is -0.150. The summed E-state index contributed by atoms with van der Waals surface area (Å²) in [6, 6.07) is 5.58. The zero-order valence-electron chi connectivity index (χ0n) is 17.8. The molecule has 1 aromatic rings. The molecule has 1 atom stereocenters. The van der Waals surface area contributed by atoms with Gasteiger partial charge >= 0.3 is 5.97 Å². The summed E-state index contributed by atoms with van der Waals surface area (Å²) < 4.78 is 21.0. The van der Waals surface area contributed by atoms with Crippen LogP contribution in [-0.4, -0.2) is 44.8 Å². The van der Waals surface area contributed by atoms with Gasteiger partial charge in [0.1, 0.15) is 5.54 Å². The molecule has 0 saturated heterocycles. The number of amides is 1. The van der Waals surface area contributed by atoms with Crippen LogP contribution in [0.1, 0.15) is 44.6 Å². The lowest BCUT2D eigenvalue weighted by atomic mass is 9.83. The zero-order valence-corrected chi connectivity index (χ0v) is 17.8. The zero-order chi connectivity index (χ0) is 22.1. The van der Waals surface area contributed by atoms with Crippen molar-refractivity contribution in [3.8, 4) is 23.3 Å². The molecule has 1 aliphatic rings. The number of nitrogens with one attached hydrogen (secondary N) is 1. The lowest BCUT2D eigenvalue weighted by Crippen LogP contribution is -2.52. The Morgan fingerprint density at radius 1 is 1.10 bits per heavy atom. The molecule has 1 fully saturated rings. The monoisotopic (exact) mass is 416 g/mol. The number of rotatable bonds is 8. The molecule has 1 saturated carbocycles. The summed E-state index contributed by atoms with van der Waals surface area (Å²) >= 11 is 0. The molecule has 0 spiro atoms. The summed E-state index contributed by atoms with van der Waals surface area (Å²) in [5.74, 6) is 0.187. The van der Waals surface area contributed by atoms with E-state index >= 15 is 0 Å². The first-order chi connectivity index (χ1) is 14.4. The number of methoxy groups -OCH3 is 3. The Kier molecular flexibility index (Phi) is 8.10. The van der Waals surface area contributed by atoms with Gasteiger partial charge in [-0.05, 0) is 43.5 Å². The third-order valence-corrected chi connectivity index (χ3v) is 5.04. The maximum atomic E-state index is 12.4. The van der Waals surface area contributed by atoms with Gasteiger partial charge in [0.25, 0.3) is 5.91 Å². The van der Waals surface area contributed by atoms with Crippen molar-refractivity contribution in [3.05, 3.63) is 23.8 Å². The van der Waals surface area contributed by atoms with Crippen LogP contribution in [0.15, 0.2) is 18.2 Å². The van der Waals surface area contributed by atoms with Gasteiger partial charge in [-0.1, -0.05) is 19.3 Å². The second kappa shape index (κ2) is 10.5. The van der Waals surface area contributed by atoms with Crippen LogP contribution in [0.5, 0.6) is 17.2 Å². The van der Waals surface area contributed by atoms with E-state index in [1.54, 1.807) is 12.1 Å². The van der Waals surface area contributed by atoms with Crippen LogP contribution in [0.2, 0.25) is 0 Å². The maximum absolute atomic E-state index is 12.4. The van der Waals surface area contributed by atoms with Gasteiger partial charge in [0.05, 0.1) is 27.4 Å². The molecule has 1 aliphatic carbocycles. The lowest BCUT2D eigenvalue weighted by Gasteiger charge is -2.32. The molecule has 0 unspecified atom stereocenters. The number of esters is 1. The van der Waals surface area contributed by atoms with Crippen molar-refractivity contribution in [2.75, 3.05) is 21.3 Å². The number of hydrogen-bond donors (Lipinski definition) is 1. The van der Waals surface area contributed by atoms with E-state index in [0.29, 0.717) is 35.7 Å². The summed E-state index contributed by atoms with van der Waals surface area (Å²) in [7, 11) is 4.50. The average molecular weight is 416 g/mol. The molecule has 1 aromatic carbocycles. The number of hydrogen-bond acceptors (Lipinski definition) is 7. The molecule has 0 heterocycles. The molecule has 1 N–H and O–H groups in total.